The number of rotatable bonds is 5. The van der Waals surface area contributed by atoms with Crippen molar-refractivity contribution in [2.24, 2.45) is 11.1 Å². The van der Waals surface area contributed by atoms with Gasteiger partial charge in [-0.1, -0.05) is 20.8 Å². The van der Waals surface area contributed by atoms with Crippen LogP contribution in [0, 0.1) is 5.41 Å². The number of nitrogen functional groups attached to an aromatic ring is 1. The Kier molecular flexibility index (Phi) is 3.74. The number of carbonyl (C=O) groups is 1. The largest absolute Gasteiger partial charge is 0.382 e. The Labute approximate surface area is 99.4 Å². The number of aromatic nitrogens is 1. The maximum Gasteiger partial charge on any atom is 0.255 e. The summed E-state index contributed by atoms with van der Waals surface area (Å²) in [6, 6.07) is 0. The molecule has 6 heteroatoms. The maximum absolute atomic E-state index is 11.2. The van der Waals surface area contributed by atoms with Gasteiger partial charge >= 0.3 is 0 Å². The summed E-state index contributed by atoms with van der Waals surface area (Å²) in [5.41, 5.74) is 11.3. The number of anilines is 2. The lowest BCUT2D eigenvalue weighted by Gasteiger charge is -2.23. The molecule has 5 nitrogen and oxygen atoms in total. The average molecular weight is 242 g/mol. The summed E-state index contributed by atoms with van der Waals surface area (Å²) < 4.78 is 3.92. The van der Waals surface area contributed by atoms with Crippen LogP contribution < -0.4 is 16.8 Å². The van der Waals surface area contributed by atoms with Gasteiger partial charge in [-0.05, 0) is 23.4 Å². The van der Waals surface area contributed by atoms with Crippen LogP contribution >= 0.6 is 11.5 Å². The van der Waals surface area contributed by atoms with E-state index in [1.165, 1.54) is 11.5 Å². The molecule has 0 unspecified atom stereocenters. The first kappa shape index (κ1) is 12.8. The molecule has 1 heterocycles. The Morgan fingerprint density at radius 3 is 2.69 bits per heavy atom. The lowest BCUT2D eigenvalue weighted by atomic mass is 9.90. The van der Waals surface area contributed by atoms with Crippen LogP contribution in [0.5, 0.6) is 0 Å². The number of nitrogens with zero attached hydrogens (tertiary/aromatic N) is 1. The zero-order chi connectivity index (χ0) is 12.3. The van der Waals surface area contributed by atoms with Gasteiger partial charge in [-0.25, -0.2) is 0 Å². The Morgan fingerprint density at radius 2 is 2.19 bits per heavy atom. The number of carbonyl (C=O) groups excluding carboxylic acids is 1. The summed E-state index contributed by atoms with van der Waals surface area (Å²) in [5, 5.41) is 3.84. The molecule has 0 saturated heterocycles. The quantitative estimate of drug-likeness (QED) is 0.732. The van der Waals surface area contributed by atoms with E-state index in [0.717, 1.165) is 13.0 Å². The fraction of sp³-hybridized carbons (Fsp3) is 0.600. The highest BCUT2D eigenvalue weighted by atomic mass is 32.1. The minimum atomic E-state index is -0.539. The summed E-state index contributed by atoms with van der Waals surface area (Å²) in [6.07, 6.45) is 1.04. The van der Waals surface area contributed by atoms with Gasteiger partial charge in [-0.3, -0.25) is 4.79 Å². The normalized spacial score (nSPS) is 11.4. The van der Waals surface area contributed by atoms with E-state index < -0.39 is 5.91 Å². The van der Waals surface area contributed by atoms with Gasteiger partial charge in [0.1, 0.15) is 10.6 Å². The smallest absolute Gasteiger partial charge is 0.255 e. The third-order valence-corrected chi connectivity index (χ3v) is 3.47. The first-order valence-electron chi connectivity index (χ1n) is 5.16. The molecule has 1 amide bonds. The van der Waals surface area contributed by atoms with Gasteiger partial charge in [0, 0.05) is 6.54 Å². The molecule has 0 radical (unpaired) electrons. The van der Waals surface area contributed by atoms with E-state index in [1.807, 2.05) is 0 Å². The highest BCUT2D eigenvalue weighted by Gasteiger charge is 2.20. The minimum Gasteiger partial charge on any atom is -0.382 e. The molecule has 90 valence electrons. The zero-order valence-electron chi connectivity index (χ0n) is 9.83. The third kappa shape index (κ3) is 2.85. The van der Waals surface area contributed by atoms with Crippen molar-refractivity contribution in [1.29, 1.82) is 0 Å². The summed E-state index contributed by atoms with van der Waals surface area (Å²) >= 11 is 1.17. The standard InChI is InChI=1S/C10H18N4OS/c1-4-10(2,3)5-13-9-6(8(12)15)7(11)14-16-9/h13H,4-5H2,1-3H3,(H2,11,14)(H2,12,15). The minimum absolute atomic E-state index is 0.160. The van der Waals surface area contributed by atoms with Gasteiger partial charge < -0.3 is 16.8 Å². The van der Waals surface area contributed by atoms with Crippen LogP contribution in [0.25, 0.3) is 0 Å². The van der Waals surface area contributed by atoms with Gasteiger partial charge in [-0.15, -0.1) is 0 Å². The summed E-state index contributed by atoms with van der Waals surface area (Å²) in [4.78, 5) is 11.2. The molecule has 16 heavy (non-hydrogen) atoms. The number of hydrogen-bond acceptors (Lipinski definition) is 5. The molecule has 0 fully saturated rings. The lowest BCUT2D eigenvalue weighted by Crippen LogP contribution is -2.23. The summed E-state index contributed by atoms with van der Waals surface area (Å²) in [5.74, 6) is -0.336. The van der Waals surface area contributed by atoms with E-state index in [-0.39, 0.29) is 11.2 Å². The fourth-order valence-electron chi connectivity index (χ4n) is 1.11. The van der Waals surface area contributed by atoms with Gasteiger partial charge in [0.25, 0.3) is 5.91 Å². The lowest BCUT2D eigenvalue weighted by molar-refractivity contribution is 0.100. The van der Waals surface area contributed by atoms with Crippen molar-refractivity contribution in [2.75, 3.05) is 17.6 Å². The van der Waals surface area contributed by atoms with E-state index >= 15 is 0 Å². The van der Waals surface area contributed by atoms with Crippen molar-refractivity contribution >= 4 is 28.3 Å². The second-order valence-corrected chi connectivity index (χ2v) is 5.28. The molecular weight excluding hydrogens is 224 g/mol. The molecule has 1 aromatic heterocycles. The number of amides is 1. The van der Waals surface area contributed by atoms with E-state index in [0.29, 0.717) is 10.6 Å². The van der Waals surface area contributed by atoms with Crippen LogP contribution in [0.1, 0.15) is 37.6 Å². The predicted molar refractivity (Wildman–Crippen MR) is 67.6 cm³/mol. The summed E-state index contributed by atoms with van der Waals surface area (Å²) in [6.45, 7) is 7.17. The maximum atomic E-state index is 11.2. The van der Waals surface area contributed by atoms with Crippen LogP contribution in [0.3, 0.4) is 0 Å². The topological polar surface area (TPSA) is 94.0 Å². The van der Waals surface area contributed by atoms with E-state index in [2.05, 4.69) is 30.5 Å². The first-order chi connectivity index (χ1) is 7.37. The number of primary amides is 1. The number of nitrogens with two attached hydrogens (primary N) is 2. The average Bonchev–Trinajstić information content (AvgIpc) is 2.57. The Bertz CT molecular complexity index is 386. The third-order valence-electron chi connectivity index (χ3n) is 2.65. The zero-order valence-corrected chi connectivity index (χ0v) is 10.6. The molecule has 5 N–H and O–H groups in total. The SMILES string of the molecule is CCC(C)(C)CNc1snc(N)c1C(N)=O. The second-order valence-electron chi connectivity index (χ2n) is 4.51. The molecular formula is C10H18N4OS. The van der Waals surface area contributed by atoms with Crippen LogP contribution in [-0.2, 0) is 0 Å². The number of hydrogen-bond donors (Lipinski definition) is 3. The highest BCUT2D eigenvalue weighted by molar-refractivity contribution is 7.11. The predicted octanol–water partition coefficient (Wildman–Crippen LogP) is 1.67. The van der Waals surface area contributed by atoms with Crippen molar-refractivity contribution in [3.05, 3.63) is 5.56 Å². The van der Waals surface area contributed by atoms with Crippen molar-refractivity contribution in [3.63, 3.8) is 0 Å². The van der Waals surface area contributed by atoms with Gasteiger partial charge in [0.05, 0.1) is 0 Å². The van der Waals surface area contributed by atoms with Gasteiger partial charge in [-0.2, -0.15) is 4.37 Å². The van der Waals surface area contributed by atoms with Crippen molar-refractivity contribution < 1.29 is 4.79 Å². The molecule has 1 aromatic rings. The van der Waals surface area contributed by atoms with Crippen molar-refractivity contribution in [2.45, 2.75) is 27.2 Å². The van der Waals surface area contributed by atoms with E-state index in [1.54, 1.807) is 0 Å². The van der Waals surface area contributed by atoms with Crippen LogP contribution in [0.4, 0.5) is 10.8 Å². The van der Waals surface area contributed by atoms with Gasteiger partial charge in [0.2, 0.25) is 0 Å². The van der Waals surface area contributed by atoms with E-state index in [9.17, 15) is 4.79 Å². The fourth-order valence-corrected chi connectivity index (χ4v) is 1.82. The van der Waals surface area contributed by atoms with Crippen molar-refractivity contribution in [1.82, 2.24) is 4.37 Å². The Hall–Kier alpha value is -1.30. The first-order valence-corrected chi connectivity index (χ1v) is 5.93. The molecule has 0 bridgehead atoms. The highest BCUT2D eigenvalue weighted by Crippen LogP contribution is 2.28. The molecule has 0 atom stereocenters. The molecule has 0 spiro atoms. The molecule has 1 rings (SSSR count). The van der Waals surface area contributed by atoms with Crippen LogP contribution in [0.2, 0.25) is 0 Å². The second kappa shape index (κ2) is 4.69. The summed E-state index contributed by atoms with van der Waals surface area (Å²) in [7, 11) is 0. The molecule has 0 aliphatic rings. The molecule has 0 aliphatic heterocycles. The van der Waals surface area contributed by atoms with Crippen molar-refractivity contribution in [3.8, 4) is 0 Å². The molecule has 0 aromatic carbocycles. The molecule has 0 saturated carbocycles. The van der Waals surface area contributed by atoms with Crippen LogP contribution in [0.15, 0.2) is 0 Å². The monoisotopic (exact) mass is 242 g/mol. The molecule has 0 aliphatic carbocycles. The van der Waals surface area contributed by atoms with E-state index in [4.69, 9.17) is 11.5 Å². The Balaban J connectivity index is 2.79. The van der Waals surface area contributed by atoms with Gasteiger partial charge in [0.15, 0.2) is 5.82 Å². The van der Waals surface area contributed by atoms with Crippen LogP contribution in [-0.4, -0.2) is 16.8 Å². The Morgan fingerprint density at radius 1 is 1.56 bits per heavy atom. The number of nitrogens with one attached hydrogen (secondary N) is 1.